The van der Waals surface area contributed by atoms with Gasteiger partial charge in [-0.05, 0) is 17.7 Å². The lowest BCUT2D eigenvalue weighted by Gasteiger charge is -2.24. The maximum atomic E-state index is 12.8. The van der Waals surface area contributed by atoms with E-state index in [9.17, 15) is 14.0 Å². The smallest absolute Gasteiger partial charge is 0.308 e. The number of carbonyl (C=O) groups is 2. The number of nitrogens with zero attached hydrogens (tertiary/aromatic N) is 1. The zero-order valence-corrected chi connectivity index (χ0v) is 11.1. The van der Waals surface area contributed by atoms with Gasteiger partial charge in [0.2, 0.25) is 5.91 Å². The van der Waals surface area contributed by atoms with Crippen molar-refractivity contribution in [2.24, 2.45) is 5.92 Å². The van der Waals surface area contributed by atoms with E-state index in [2.05, 4.69) is 0 Å². The van der Waals surface area contributed by atoms with Gasteiger partial charge >= 0.3 is 5.97 Å². The third-order valence-electron chi connectivity index (χ3n) is 2.86. The van der Waals surface area contributed by atoms with Gasteiger partial charge in [-0.15, -0.1) is 0 Å². The van der Waals surface area contributed by atoms with Gasteiger partial charge in [0.05, 0.1) is 5.92 Å². The van der Waals surface area contributed by atoms with Crippen LogP contribution >= 0.6 is 0 Å². The van der Waals surface area contributed by atoms with E-state index in [1.165, 1.54) is 17.0 Å². The number of halogens is 1. The molecule has 1 amide bonds. The van der Waals surface area contributed by atoms with Gasteiger partial charge in [0.1, 0.15) is 5.82 Å². The van der Waals surface area contributed by atoms with Crippen molar-refractivity contribution >= 4 is 11.9 Å². The summed E-state index contributed by atoms with van der Waals surface area (Å²) in [4.78, 5) is 24.1. The van der Waals surface area contributed by atoms with Crippen molar-refractivity contribution in [2.45, 2.75) is 26.8 Å². The van der Waals surface area contributed by atoms with E-state index in [-0.39, 0.29) is 18.3 Å². The summed E-state index contributed by atoms with van der Waals surface area (Å²) in [6.45, 7) is 3.73. The molecule has 4 nitrogen and oxygen atoms in total. The molecule has 0 aromatic heterocycles. The summed E-state index contributed by atoms with van der Waals surface area (Å²) in [5.74, 6) is -2.02. The second-order valence-electron chi connectivity index (χ2n) is 4.49. The van der Waals surface area contributed by atoms with Crippen molar-refractivity contribution in [3.8, 4) is 0 Å². The van der Waals surface area contributed by atoms with Gasteiger partial charge in [0.15, 0.2) is 0 Å². The molecule has 0 bridgehead atoms. The van der Waals surface area contributed by atoms with Gasteiger partial charge in [0.25, 0.3) is 0 Å². The Hall–Kier alpha value is -1.91. The van der Waals surface area contributed by atoms with E-state index in [0.29, 0.717) is 13.0 Å². The summed E-state index contributed by atoms with van der Waals surface area (Å²) in [5, 5.41) is 8.90. The zero-order valence-electron chi connectivity index (χ0n) is 11.1. The molecule has 0 radical (unpaired) electrons. The van der Waals surface area contributed by atoms with Gasteiger partial charge in [0, 0.05) is 19.5 Å². The molecule has 1 unspecified atom stereocenters. The highest BCUT2D eigenvalue weighted by Crippen LogP contribution is 2.10. The molecule has 0 heterocycles. The topological polar surface area (TPSA) is 57.6 Å². The molecule has 1 aromatic rings. The first-order valence-corrected chi connectivity index (χ1v) is 6.19. The highest BCUT2D eigenvalue weighted by atomic mass is 19.1. The lowest BCUT2D eigenvalue weighted by molar-refractivity contribution is -0.143. The lowest BCUT2D eigenvalue weighted by Crippen LogP contribution is -2.36. The van der Waals surface area contributed by atoms with Crippen molar-refractivity contribution in [2.75, 3.05) is 6.54 Å². The second kappa shape index (κ2) is 6.87. The molecule has 1 N–H and O–H groups in total. The number of carboxylic acid groups (broad SMARTS) is 1. The first-order chi connectivity index (χ1) is 8.93. The Morgan fingerprint density at radius 1 is 1.32 bits per heavy atom. The van der Waals surface area contributed by atoms with Crippen molar-refractivity contribution in [3.05, 3.63) is 35.6 Å². The van der Waals surface area contributed by atoms with Gasteiger partial charge in [-0.25, -0.2) is 4.39 Å². The number of benzene rings is 1. The molecule has 0 aliphatic heterocycles. The van der Waals surface area contributed by atoms with E-state index in [4.69, 9.17) is 5.11 Å². The zero-order chi connectivity index (χ0) is 14.4. The second-order valence-corrected chi connectivity index (χ2v) is 4.49. The van der Waals surface area contributed by atoms with Crippen LogP contribution in [0.15, 0.2) is 24.3 Å². The largest absolute Gasteiger partial charge is 0.481 e. The summed E-state index contributed by atoms with van der Waals surface area (Å²) in [7, 11) is 0. The summed E-state index contributed by atoms with van der Waals surface area (Å²) in [6, 6.07) is 5.84. The van der Waals surface area contributed by atoms with Crippen LogP contribution in [0.3, 0.4) is 0 Å². The summed E-state index contributed by atoms with van der Waals surface area (Å²) in [6.07, 6.45) is 0.313. The number of amides is 1. The Morgan fingerprint density at radius 3 is 2.37 bits per heavy atom. The maximum Gasteiger partial charge on any atom is 0.308 e. The van der Waals surface area contributed by atoms with E-state index >= 15 is 0 Å². The molecule has 5 heteroatoms. The van der Waals surface area contributed by atoms with E-state index in [0.717, 1.165) is 5.56 Å². The van der Waals surface area contributed by atoms with E-state index in [1.807, 2.05) is 0 Å². The first kappa shape index (κ1) is 15.1. The molecule has 1 aromatic carbocycles. The molecule has 19 heavy (non-hydrogen) atoms. The van der Waals surface area contributed by atoms with Crippen molar-refractivity contribution < 1.29 is 19.1 Å². The van der Waals surface area contributed by atoms with Crippen LogP contribution in [-0.2, 0) is 16.1 Å². The summed E-state index contributed by atoms with van der Waals surface area (Å²) < 4.78 is 12.8. The average molecular weight is 267 g/mol. The fourth-order valence-electron chi connectivity index (χ4n) is 1.70. The Bertz CT molecular complexity index is 445. The molecular formula is C14H18FNO3. The Morgan fingerprint density at radius 2 is 1.89 bits per heavy atom. The van der Waals surface area contributed by atoms with Gasteiger partial charge < -0.3 is 10.0 Å². The predicted molar refractivity (Wildman–Crippen MR) is 68.9 cm³/mol. The minimum Gasteiger partial charge on any atom is -0.481 e. The van der Waals surface area contributed by atoms with Crippen LogP contribution in [0.5, 0.6) is 0 Å². The van der Waals surface area contributed by atoms with Gasteiger partial charge in [-0.2, -0.15) is 0 Å². The molecule has 0 aliphatic carbocycles. The molecule has 104 valence electrons. The normalized spacial score (nSPS) is 11.9. The number of rotatable bonds is 6. The minimum absolute atomic E-state index is 0.113. The third-order valence-corrected chi connectivity index (χ3v) is 2.86. The van der Waals surface area contributed by atoms with Crippen molar-refractivity contribution in [3.63, 3.8) is 0 Å². The number of aliphatic carboxylic acids is 1. The third kappa shape index (κ3) is 4.69. The standard InChI is InChI=1S/C14H18FNO3/c1-3-13(17)16(8-10(2)14(18)19)9-11-4-6-12(15)7-5-11/h4-7,10H,3,8-9H2,1-2H3,(H,18,19). The Labute approximate surface area is 111 Å². The predicted octanol–water partition coefficient (Wildman–Crippen LogP) is 2.28. The monoisotopic (exact) mass is 267 g/mol. The van der Waals surface area contributed by atoms with Crippen LogP contribution in [0.4, 0.5) is 4.39 Å². The van der Waals surface area contributed by atoms with Crippen LogP contribution < -0.4 is 0 Å². The number of hydrogen-bond donors (Lipinski definition) is 1. The van der Waals surface area contributed by atoms with Gasteiger partial charge in [-0.3, -0.25) is 9.59 Å². The molecule has 1 atom stereocenters. The summed E-state index contributed by atoms with van der Waals surface area (Å²) >= 11 is 0. The number of carbonyl (C=O) groups excluding carboxylic acids is 1. The quantitative estimate of drug-likeness (QED) is 0.860. The van der Waals surface area contributed by atoms with Crippen LogP contribution in [0.1, 0.15) is 25.8 Å². The SMILES string of the molecule is CCC(=O)N(Cc1ccc(F)cc1)CC(C)C(=O)O. The molecule has 0 saturated heterocycles. The fourth-order valence-corrected chi connectivity index (χ4v) is 1.70. The van der Waals surface area contributed by atoms with Crippen LogP contribution in [0.2, 0.25) is 0 Å². The highest BCUT2D eigenvalue weighted by Gasteiger charge is 2.19. The Balaban J connectivity index is 2.77. The average Bonchev–Trinajstić information content (AvgIpc) is 2.39. The van der Waals surface area contributed by atoms with Crippen LogP contribution in [0.25, 0.3) is 0 Å². The van der Waals surface area contributed by atoms with Crippen LogP contribution in [-0.4, -0.2) is 28.4 Å². The lowest BCUT2D eigenvalue weighted by atomic mass is 10.1. The van der Waals surface area contributed by atoms with Crippen molar-refractivity contribution in [1.82, 2.24) is 4.90 Å². The van der Waals surface area contributed by atoms with E-state index < -0.39 is 11.9 Å². The molecule has 0 spiro atoms. The van der Waals surface area contributed by atoms with Crippen LogP contribution in [0, 0.1) is 11.7 Å². The van der Waals surface area contributed by atoms with Gasteiger partial charge in [-0.1, -0.05) is 26.0 Å². The molecule has 0 aliphatic rings. The molecular weight excluding hydrogens is 249 g/mol. The first-order valence-electron chi connectivity index (χ1n) is 6.19. The highest BCUT2D eigenvalue weighted by molar-refractivity contribution is 5.77. The fraction of sp³-hybridized carbons (Fsp3) is 0.429. The number of hydrogen-bond acceptors (Lipinski definition) is 2. The molecule has 0 fully saturated rings. The minimum atomic E-state index is -0.937. The van der Waals surface area contributed by atoms with Crippen molar-refractivity contribution in [1.29, 1.82) is 0 Å². The summed E-state index contributed by atoms with van der Waals surface area (Å²) in [5.41, 5.74) is 0.779. The maximum absolute atomic E-state index is 12.8. The Kier molecular flexibility index (Phi) is 5.48. The molecule has 1 rings (SSSR count). The number of carboxylic acids is 1. The molecule has 0 saturated carbocycles. The van der Waals surface area contributed by atoms with E-state index in [1.54, 1.807) is 26.0 Å².